The van der Waals surface area contributed by atoms with Gasteiger partial charge in [0, 0.05) is 13.2 Å². The van der Waals surface area contributed by atoms with Gasteiger partial charge >= 0.3 is 0 Å². The Morgan fingerprint density at radius 1 is 0.519 bits per heavy atom. The second-order valence-electron chi connectivity index (χ2n) is 8.15. The van der Waals surface area contributed by atoms with Crippen LogP contribution in [-0.4, -0.2) is 13.2 Å². The topological polar surface area (TPSA) is 9.23 Å². The Bertz CT molecular complexity index is 386. The summed E-state index contributed by atoms with van der Waals surface area (Å²) in [5.74, 6) is 0. The molecule has 1 rings (SSSR count). The van der Waals surface area contributed by atoms with Crippen LogP contribution in [0.4, 0.5) is 0 Å². The van der Waals surface area contributed by atoms with Crippen LogP contribution in [0, 0.1) is 0 Å². The molecule has 0 aliphatic heterocycles. The Kier molecular flexibility index (Phi) is 17.9. The minimum absolute atomic E-state index is 0.962. The fraction of sp³-hybridized carbons (Fsp3) is 0.769. The van der Waals surface area contributed by atoms with Crippen LogP contribution >= 0.6 is 0 Å². The van der Waals surface area contributed by atoms with E-state index in [4.69, 9.17) is 4.74 Å². The van der Waals surface area contributed by atoms with Crippen molar-refractivity contribution in [2.24, 2.45) is 0 Å². The van der Waals surface area contributed by atoms with E-state index in [1.807, 2.05) is 0 Å². The van der Waals surface area contributed by atoms with Gasteiger partial charge < -0.3 is 4.74 Å². The molecule has 0 atom stereocenters. The molecule has 1 nitrogen and oxygen atoms in total. The van der Waals surface area contributed by atoms with Crippen molar-refractivity contribution in [2.75, 3.05) is 13.2 Å². The Balaban J connectivity index is 1.67. The van der Waals surface area contributed by atoms with Crippen molar-refractivity contribution in [3.63, 3.8) is 0 Å². The summed E-state index contributed by atoms with van der Waals surface area (Å²) in [6.45, 7) is 4.16. The molecule has 156 valence electrons. The van der Waals surface area contributed by atoms with Crippen LogP contribution in [0.25, 0.3) is 0 Å². The van der Waals surface area contributed by atoms with Crippen LogP contribution in [0.3, 0.4) is 0 Å². The monoisotopic (exact) mass is 374 g/mol. The molecule has 1 heteroatoms. The molecule has 0 aromatic heterocycles. The molecule has 0 amide bonds. The quantitative estimate of drug-likeness (QED) is 0.208. The summed E-state index contributed by atoms with van der Waals surface area (Å²) >= 11 is 0. The number of rotatable bonds is 20. The van der Waals surface area contributed by atoms with E-state index in [1.165, 1.54) is 115 Å². The second kappa shape index (κ2) is 19.9. The maximum Gasteiger partial charge on any atom is 0.0466 e. The lowest BCUT2D eigenvalue weighted by Gasteiger charge is -2.04. The summed E-state index contributed by atoms with van der Waals surface area (Å²) < 4.78 is 5.61. The third-order valence-electron chi connectivity index (χ3n) is 5.49. The summed E-state index contributed by atoms with van der Waals surface area (Å²) in [5, 5.41) is 0. The predicted molar refractivity (Wildman–Crippen MR) is 121 cm³/mol. The summed E-state index contributed by atoms with van der Waals surface area (Å²) in [6.07, 6.45) is 23.5. The van der Waals surface area contributed by atoms with E-state index in [1.54, 1.807) is 0 Å². The molecule has 0 heterocycles. The summed E-state index contributed by atoms with van der Waals surface area (Å²) in [5.41, 5.74) is 1.50. The maximum absolute atomic E-state index is 5.61. The Hall–Kier alpha value is -0.820. The zero-order valence-corrected chi connectivity index (χ0v) is 18.2. The molecule has 1 aromatic rings. The average Bonchev–Trinajstić information content (AvgIpc) is 2.70. The smallest absolute Gasteiger partial charge is 0.0466 e. The minimum Gasteiger partial charge on any atom is -0.381 e. The SMILES string of the molecule is CCCCOCCCCCCCCCCCCCCCCc1ccccc1. The number of aryl methyl sites for hydroxylation is 1. The van der Waals surface area contributed by atoms with E-state index in [9.17, 15) is 0 Å². The van der Waals surface area contributed by atoms with Gasteiger partial charge in [-0.1, -0.05) is 121 Å². The first kappa shape index (κ1) is 24.2. The molecule has 0 fully saturated rings. The fourth-order valence-corrected chi connectivity index (χ4v) is 3.65. The second-order valence-corrected chi connectivity index (χ2v) is 8.15. The van der Waals surface area contributed by atoms with Gasteiger partial charge in [0.2, 0.25) is 0 Å². The minimum atomic E-state index is 0.962. The van der Waals surface area contributed by atoms with Gasteiger partial charge in [-0.05, 0) is 31.2 Å². The molecule has 0 saturated carbocycles. The lowest BCUT2D eigenvalue weighted by atomic mass is 10.0. The zero-order valence-electron chi connectivity index (χ0n) is 18.2. The highest BCUT2D eigenvalue weighted by Gasteiger charge is 1.96. The summed E-state index contributed by atoms with van der Waals surface area (Å²) in [4.78, 5) is 0. The van der Waals surface area contributed by atoms with Crippen molar-refractivity contribution in [3.8, 4) is 0 Å². The van der Waals surface area contributed by atoms with Gasteiger partial charge in [0.1, 0.15) is 0 Å². The van der Waals surface area contributed by atoms with E-state index in [2.05, 4.69) is 37.3 Å². The molecule has 0 aliphatic rings. The molecule has 1 aromatic carbocycles. The summed E-state index contributed by atoms with van der Waals surface area (Å²) in [6, 6.07) is 10.9. The van der Waals surface area contributed by atoms with Crippen molar-refractivity contribution in [1.82, 2.24) is 0 Å². The normalized spacial score (nSPS) is 11.1. The van der Waals surface area contributed by atoms with E-state index < -0.39 is 0 Å². The maximum atomic E-state index is 5.61. The van der Waals surface area contributed by atoms with Crippen molar-refractivity contribution in [1.29, 1.82) is 0 Å². The van der Waals surface area contributed by atoms with E-state index in [0.29, 0.717) is 0 Å². The molecule has 27 heavy (non-hydrogen) atoms. The van der Waals surface area contributed by atoms with Gasteiger partial charge in [0.05, 0.1) is 0 Å². The number of hydrogen-bond donors (Lipinski definition) is 0. The van der Waals surface area contributed by atoms with E-state index in [0.717, 1.165) is 13.2 Å². The molecule has 0 unspecified atom stereocenters. The van der Waals surface area contributed by atoms with Crippen LogP contribution in [0.1, 0.15) is 115 Å². The third-order valence-corrected chi connectivity index (χ3v) is 5.49. The van der Waals surface area contributed by atoms with Crippen LogP contribution in [0.15, 0.2) is 30.3 Å². The van der Waals surface area contributed by atoms with Crippen molar-refractivity contribution in [3.05, 3.63) is 35.9 Å². The first-order valence-corrected chi connectivity index (χ1v) is 12.0. The number of benzene rings is 1. The van der Waals surface area contributed by atoms with Gasteiger partial charge in [-0.15, -0.1) is 0 Å². The molecular weight excluding hydrogens is 328 g/mol. The predicted octanol–water partition coefficient (Wildman–Crippen LogP) is 8.51. The fourth-order valence-electron chi connectivity index (χ4n) is 3.65. The van der Waals surface area contributed by atoms with Crippen LogP contribution in [0.2, 0.25) is 0 Å². The van der Waals surface area contributed by atoms with Crippen molar-refractivity contribution >= 4 is 0 Å². The first-order valence-electron chi connectivity index (χ1n) is 12.0. The molecule has 0 N–H and O–H groups in total. The standard InChI is InChI=1S/C26H46O/c1-2-3-24-27-25-20-15-13-11-9-7-5-4-6-8-10-12-14-17-21-26-22-18-16-19-23-26/h16,18-19,22-23H,2-15,17,20-21,24-25H2,1H3. The molecule has 0 spiro atoms. The van der Waals surface area contributed by atoms with Gasteiger partial charge in [0.15, 0.2) is 0 Å². The molecule has 0 bridgehead atoms. The van der Waals surface area contributed by atoms with E-state index >= 15 is 0 Å². The number of ether oxygens (including phenoxy) is 1. The lowest BCUT2D eigenvalue weighted by Crippen LogP contribution is -1.96. The van der Waals surface area contributed by atoms with Crippen LogP contribution in [-0.2, 0) is 11.2 Å². The van der Waals surface area contributed by atoms with Crippen molar-refractivity contribution < 1.29 is 4.74 Å². The Labute approximate surface area is 170 Å². The number of unbranched alkanes of at least 4 members (excludes halogenated alkanes) is 14. The van der Waals surface area contributed by atoms with E-state index in [-0.39, 0.29) is 0 Å². The van der Waals surface area contributed by atoms with Gasteiger partial charge in [0.25, 0.3) is 0 Å². The molecule has 0 saturated heterocycles. The highest BCUT2D eigenvalue weighted by atomic mass is 16.5. The van der Waals surface area contributed by atoms with Gasteiger partial charge in [-0.2, -0.15) is 0 Å². The van der Waals surface area contributed by atoms with Crippen molar-refractivity contribution in [2.45, 2.75) is 116 Å². The van der Waals surface area contributed by atoms with Gasteiger partial charge in [-0.25, -0.2) is 0 Å². The third kappa shape index (κ3) is 17.0. The largest absolute Gasteiger partial charge is 0.381 e. The van der Waals surface area contributed by atoms with Gasteiger partial charge in [-0.3, -0.25) is 0 Å². The highest BCUT2D eigenvalue weighted by molar-refractivity contribution is 5.14. The molecular formula is C26H46O. The highest BCUT2D eigenvalue weighted by Crippen LogP contribution is 2.14. The lowest BCUT2D eigenvalue weighted by molar-refractivity contribution is 0.127. The van der Waals surface area contributed by atoms with Crippen LogP contribution < -0.4 is 0 Å². The average molecular weight is 375 g/mol. The van der Waals surface area contributed by atoms with Crippen LogP contribution in [0.5, 0.6) is 0 Å². The molecule has 0 aliphatic carbocycles. The zero-order chi connectivity index (χ0) is 19.3. The Morgan fingerprint density at radius 3 is 1.48 bits per heavy atom. The Morgan fingerprint density at radius 2 is 0.963 bits per heavy atom. The molecule has 0 radical (unpaired) electrons. The number of hydrogen-bond acceptors (Lipinski definition) is 1. The summed E-state index contributed by atoms with van der Waals surface area (Å²) in [7, 11) is 0. The first-order chi connectivity index (χ1) is 13.4.